The lowest BCUT2D eigenvalue weighted by molar-refractivity contribution is 0.176. The molecule has 0 atom stereocenters. The van der Waals surface area contributed by atoms with E-state index in [9.17, 15) is 0 Å². The molecule has 118 valence electrons. The molecule has 22 heavy (non-hydrogen) atoms. The van der Waals surface area contributed by atoms with Crippen LogP contribution in [0.2, 0.25) is 0 Å². The summed E-state index contributed by atoms with van der Waals surface area (Å²) in [5.41, 5.74) is 1.24. The van der Waals surface area contributed by atoms with E-state index in [-0.39, 0.29) is 0 Å². The largest absolute Gasteiger partial charge is 0.377 e. The highest BCUT2D eigenvalue weighted by molar-refractivity contribution is 5.10. The fourth-order valence-corrected chi connectivity index (χ4v) is 3.19. The Morgan fingerprint density at radius 3 is 2.82 bits per heavy atom. The van der Waals surface area contributed by atoms with Crippen molar-refractivity contribution in [3.63, 3.8) is 0 Å². The molecule has 0 amide bonds. The highest BCUT2D eigenvalue weighted by atomic mass is 16.5. The highest BCUT2D eigenvalue weighted by Gasteiger charge is 2.20. The molecule has 1 aliphatic carbocycles. The lowest BCUT2D eigenvalue weighted by Crippen LogP contribution is -2.17. The molecule has 5 heteroatoms. The molecule has 0 radical (unpaired) electrons. The standard InChI is InChI=1S/C17H24N4O/c1-22-13-16-19-17(10-9-14-6-5-11-18-12-14)21(20-16)15-7-3-2-4-8-15/h5-6,11-12,15H,2-4,7-10,13H2,1H3. The molecular weight excluding hydrogens is 276 g/mol. The predicted molar refractivity (Wildman–Crippen MR) is 84.5 cm³/mol. The molecule has 0 N–H and O–H groups in total. The average molecular weight is 300 g/mol. The number of hydrogen-bond acceptors (Lipinski definition) is 4. The van der Waals surface area contributed by atoms with Crippen molar-refractivity contribution in [1.29, 1.82) is 0 Å². The summed E-state index contributed by atoms with van der Waals surface area (Å²) in [4.78, 5) is 8.88. The highest BCUT2D eigenvalue weighted by Crippen LogP contribution is 2.28. The van der Waals surface area contributed by atoms with Crippen LogP contribution in [0, 0.1) is 0 Å². The van der Waals surface area contributed by atoms with Crippen LogP contribution in [0.25, 0.3) is 0 Å². The lowest BCUT2D eigenvalue weighted by atomic mass is 9.95. The van der Waals surface area contributed by atoms with Gasteiger partial charge in [-0.15, -0.1) is 0 Å². The van der Waals surface area contributed by atoms with Gasteiger partial charge in [0.05, 0.1) is 6.04 Å². The summed E-state index contributed by atoms with van der Waals surface area (Å²) in [7, 11) is 1.69. The van der Waals surface area contributed by atoms with Gasteiger partial charge < -0.3 is 4.74 Å². The van der Waals surface area contributed by atoms with Gasteiger partial charge in [-0.05, 0) is 30.9 Å². The minimum Gasteiger partial charge on any atom is -0.377 e. The van der Waals surface area contributed by atoms with Crippen LogP contribution in [0.1, 0.15) is 55.4 Å². The number of nitrogens with zero attached hydrogens (tertiary/aromatic N) is 4. The second-order valence-corrected chi connectivity index (χ2v) is 5.97. The number of methoxy groups -OCH3 is 1. The van der Waals surface area contributed by atoms with E-state index < -0.39 is 0 Å². The van der Waals surface area contributed by atoms with E-state index in [1.165, 1.54) is 37.7 Å². The van der Waals surface area contributed by atoms with Gasteiger partial charge in [0, 0.05) is 25.9 Å². The Bertz CT molecular complexity index is 576. The van der Waals surface area contributed by atoms with Crippen molar-refractivity contribution < 1.29 is 4.74 Å². The molecule has 2 aromatic rings. The van der Waals surface area contributed by atoms with Crippen LogP contribution >= 0.6 is 0 Å². The Hall–Kier alpha value is -1.75. The third-order valence-corrected chi connectivity index (χ3v) is 4.30. The molecule has 1 aliphatic rings. The summed E-state index contributed by atoms with van der Waals surface area (Å²) in [6.07, 6.45) is 12.0. The minimum atomic E-state index is 0.486. The number of hydrogen-bond donors (Lipinski definition) is 0. The normalized spacial score (nSPS) is 16.0. The van der Waals surface area contributed by atoms with Crippen LogP contribution in [0.4, 0.5) is 0 Å². The number of ether oxygens (including phenoxy) is 1. The second kappa shape index (κ2) is 7.49. The molecule has 0 saturated heterocycles. The first-order valence-corrected chi connectivity index (χ1v) is 8.19. The summed E-state index contributed by atoms with van der Waals surface area (Å²) in [5.74, 6) is 1.89. The quantitative estimate of drug-likeness (QED) is 0.822. The Balaban J connectivity index is 1.75. The van der Waals surface area contributed by atoms with Gasteiger partial charge in [0.25, 0.3) is 0 Å². The molecule has 2 heterocycles. The van der Waals surface area contributed by atoms with Crippen molar-refractivity contribution in [2.45, 2.75) is 57.6 Å². The second-order valence-electron chi connectivity index (χ2n) is 5.97. The van der Waals surface area contributed by atoms with E-state index in [1.54, 1.807) is 7.11 Å². The topological polar surface area (TPSA) is 52.8 Å². The van der Waals surface area contributed by atoms with Gasteiger partial charge in [-0.3, -0.25) is 4.98 Å². The van der Waals surface area contributed by atoms with E-state index in [0.717, 1.165) is 24.5 Å². The van der Waals surface area contributed by atoms with Crippen LogP contribution in [0.5, 0.6) is 0 Å². The number of pyridine rings is 1. The first kappa shape index (κ1) is 15.2. The minimum absolute atomic E-state index is 0.486. The maximum absolute atomic E-state index is 5.20. The lowest BCUT2D eigenvalue weighted by Gasteiger charge is -2.23. The van der Waals surface area contributed by atoms with Gasteiger partial charge in [0.1, 0.15) is 12.4 Å². The molecule has 1 fully saturated rings. The summed E-state index contributed by atoms with van der Waals surface area (Å²) < 4.78 is 7.37. The molecule has 0 bridgehead atoms. The molecule has 0 spiro atoms. The van der Waals surface area contributed by atoms with E-state index in [0.29, 0.717) is 12.6 Å². The van der Waals surface area contributed by atoms with Gasteiger partial charge >= 0.3 is 0 Å². The molecule has 1 saturated carbocycles. The van der Waals surface area contributed by atoms with Crippen LogP contribution in [0.15, 0.2) is 24.5 Å². The van der Waals surface area contributed by atoms with Gasteiger partial charge in [-0.2, -0.15) is 5.10 Å². The first-order chi connectivity index (χ1) is 10.9. The molecular formula is C17H24N4O. The van der Waals surface area contributed by atoms with Crippen LogP contribution in [-0.2, 0) is 24.2 Å². The summed E-state index contributed by atoms with van der Waals surface area (Å²) in [6, 6.07) is 4.61. The van der Waals surface area contributed by atoms with Crippen molar-refractivity contribution in [1.82, 2.24) is 19.7 Å². The third-order valence-electron chi connectivity index (χ3n) is 4.30. The number of aryl methyl sites for hydroxylation is 2. The van der Waals surface area contributed by atoms with E-state index in [4.69, 9.17) is 14.8 Å². The number of rotatable bonds is 6. The monoisotopic (exact) mass is 300 g/mol. The van der Waals surface area contributed by atoms with E-state index >= 15 is 0 Å². The zero-order valence-corrected chi connectivity index (χ0v) is 13.2. The van der Waals surface area contributed by atoms with Crippen molar-refractivity contribution in [2.24, 2.45) is 0 Å². The van der Waals surface area contributed by atoms with Crippen LogP contribution < -0.4 is 0 Å². The zero-order chi connectivity index (χ0) is 15.2. The SMILES string of the molecule is COCc1nc(CCc2cccnc2)n(C2CCCCC2)n1. The Labute approximate surface area is 131 Å². The fraction of sp³-hybridized carbons (Fsp3) is 0.588. The molecule has 5 nitrogen and oxygen atoms in total. The molecule has 0 unspecified atom stereocenters. The fourth-order valence-electron chi connectivity index (χ4n) is 3.19. The summed E-state index contributed by atoms with van der Waals surface area (Å²) >= 11 is 0. The summed E-state index contributed by atoms with van der Waals surface area (Å²) in [6.45, 7) is 0.486. The van der Waals surface area contributed by atoms with Crippen molar-refractivity contribution in [3.8, 4) is 0 Å². The van der Waals surface area contributed by atoms with Crippen molar-refractivity contribution >= 4 is 0 Å². The average Bonchev–Trinajstić information content (AvgIpc) is 2.98. The maximum atomic E-state index is 5.20. The van der Waals surface area contributed by atoms with Crippen molar-refractivity contribution in [3.05, 3.63) is 41.7 Å². The van der Waals surface area contributed by atoms with Crippen molar-refractivity contribution in [2.75, 3.05) is 7.11 Å². The van der Waals surface area contributed by atoms with Gasteiger partial charge in [-0.1, -0.05) is 25.3 Å². The smallest absolute Gasteiger partial charge is 0.176 e. The molecule has 0 aliphatic heterocycles. The zero-order valence-electron chi connectivity index (χ0n) is 13.2. The van der Waals surface area contributed by atoms with Crippen LogP contribution in [-0.4, -0.2) is 26.9 Å². The molecule has 0 aromatic carbocycles. The third kappa shape index (κ3) is 3.71. The Morgan fingerprint density at radius 1 is 1.23 bits per heavy atom. The predicted octanol–water partition coefficient (Wildman–Crippen LogP) is 3.11. The maximum Gasteiger partial charge on any atom is 0.176 e. The number of aromatic nitrogens is 4. The summed E-state index contributed by atoms with van der Waals surface area (Å²) in [5, 5.41) is 4.70. The Morgan fingerprint density at radius 2 is 2.09 bits per heavy atom. The van der Waals surface area contributed by atoms with E-state index in [1.807, 2.05) is 18.5 Å². The van der Waals surface area contributed by atoms with Crippen LogP contribution in [0.3, 0.4) is 0 Å². The molecule has 2 aromatic heterocycles. The van der Waals surface area contributed by atoms with E-state index in [2.05, 4.69) is 15.7 Å². The molecule has 3 rings (SSSR count). The first-order valence-electron chi connectivity index (χ1n) is 8.19. The van der Waals surface area contributed by atoms with Gasteiger partial charge in [0.15, 0.2) is 5.82 Å². The van der Waals surface area contributed by atoms with Gasteiger partial charge in [0.2, 0.25) is 0 Å². The Kier molecular flexibility index (Phi) is 5.16. The van der Waals surface area contributed by atoms with Gasteiger partial charge in [-0.25, -0.2) is 9.67 Å².